The summed E-state index contributed by atoms with van der Waals surface area (Å²) < 4.78 is 50.4. The van der Waals surface area contributed by atoms with Crippen LogP contribution in [0.5, 0.6) is 0 Å². The third-order valence-electron chi connectivity index (χ3n) is 5.90. The summed E-state index contributed by atoms with van der Waals surface area (Å²) in [5.41, 5.74) is 9.26. The number of nitrogens with zero attached hydrogens (tertiary/aromatic N) is 4. The standard InChI is InChI=1S/C27H21BrClF3N6O4/c1-2-42-24(39)16-5-3-14(11-18(16)28)4-6-17(27(30,31)32)15-12-19(29)23(38-10-8-22(34)36-26(38)41)20(13-15)37-9-7-21(33)35-25(37)40/h3-13,17H,2H2,1H3,(H2,33,35,40)(H2,34,36,41)/b6-4+. The highest BCUT2D eigenvalue weighted by Crippen LogP contribution is 2.40. The van der Waals surface area contributed by atoms with Crippen LogP contribution in [-0.2, 0) is 4.74 Å². The van der Waals surface area contributed by atoms with E-state index < -0.39 is 29.4 Å². The Morgan fingerprint density at radius 1 is 1.05 bits per heavy atom. The van der Waals surface area contributed by atoms with Crippen LogP contribution >= 0.6 is 27.5 Å². The number of nitrogens with two attached hydrogens (primary N) is 2. The minimum absolute atomic E-state index is 0.0962. The number of carbonyl (C=O) groups is 1. The highest BCUT2D eigenvalue weighted by Gasteiger charge is 2.39. The van der Waals surface area contributed by atoms with Gasteiger partial charge in [-0.1, -0.05) is 29.8 Å². The summed E-state index contributed by atoms with van der Waals surface area (Å²) in [6, 6.07) is 9.01. The zero-order valence-electron chi connectivity index (χ0n) is 21.6. The third-order valence-corrected chi connectivity index (χ3v) is 6.84. The Labute approximate surface area is 249 Å². The monoisotopic (exact) mass is 664 g/mol. The number of esters is 1. The van der Waals surface area contributed by atoms with Gasteiger partial charge in [0.05, 0.1) is 34.5 Å². The molecule has 4 aromatic rings. The van der Waals surface area contributed by atoms with E-state index in [2.05, 4.69) is 25.9 Å². The van der Waals surface area contributed by atoms with Gasteiger partial charge in [-0.2, -0.15) is 23.1 Å². The molecule has 0 bridgehead atoms. The lowest BCUT2D eigenvalue weighted by molar-refractivity contribution is -0.139. The molecule has 0 amide bonds. The Balaban J connectivity index is 1.88. The first-order valence-electron chi connectivity index (χ1n) is 12.1. The van der Waals surface area contributed by atoms with E-state index in [-0.39, 0.29) is 45.8 Å². The van der Waals surface area contributed by atoms with Gasteiger partial charge in [0.2, 0.25) is 0 Å². The fourth-order valence-corrected chi connectivity index (χ4v) is 4.89. The molecule has 0 aliphatic heterocycles. The van der Waals surface area contributed by atoms with Crippen LogP contribution in [0.4, 0.5) is 24.8 Å². The van der Waals surface area contributed by atoms with E-state index in [0.717, 1.165) is 27.3 Å². The largest absolute Gasteiger partial charge is 0.462 e. The topological polar surface area (TPSA) is 148 Å². The second-order valence-electron chi connectivity index (χ2n) is 8.72. The van der Waals surface area contributed by atoms with Gasteiger partial charge in [-0.25, -0.2) is 14.4 Å². The van der Waals surface area contributed by atoms with Gasteiger partial charge in [0.1, 0.15) is 11.6 Å². The van der Waals surface area contributed by atoms with Crippen LogP contribution in [0.1, 0.15) is 34.3 Å². The lowest BCUT2D eigenvalue weighted by Gasteiger charge is -2.22. The molecule has 218 valence electrons. The molecule has 0 spiro atoms. The summed E-state index contributed by atoms with van der Waals surface area (Å²) in [7, 11) is 0. The summed E-state index contributed by atoms with van der Waals surface area (Å²) in [5.74, 6) is -3.01. The van der Waals surface area contributed by atoms with Gasteiger partial charge < -0.3 is 16.2 Å². The van der Waals surface area contributed by atoms with Gasteiger partial charge in [-0.05, 0) is 70.4 Å². The van der Waals surface area contributed by atoms with Crippen LogP contribution in [0.2, 0.25) is 5.02 Å². The number of alkyl halides is 3. The molecule has 2 heterocycles. The van der Waals surface area contributed by atoms with Gasteiger partial charge in [-0.15, -0.1) is 0 Å². The molecule has 1 atom stereocenters. The molecule has 2 aromatic carbocycles. The molecule has 4 rings (SSSR count). The summed E-state index contributed by atoms with van der Waals surface area (Å²) in [5, 5.41) is -0.288. The number of nitrogen functional groups attached to an aromatic ring is 2. The Hall–Kier alpha value is -4.43. The smallest absolute Gasteiger partial charge is 0.399 e. The number of aromatic nitrogens is 4. The first kappa shape index (κ1) is 30.5. The third kappa shape index (κ3) is 6.55. The minimum atomic E-state index is -4.80. The Bertz CT molecular complexity index is 1820. The van der Waals surface area contributed by atoms with Crippen molar-refractivity contribution >= 4 is 51.2 Å². The van der Waals surface area contributed by atoms with Crippen molar-refractivity contribution in [2.75, 3.05) is 18.1 Å². The highest BCUT2D eigenvalue weighted by molar-refractivity contribution is 9.10. The van der Waals surface area contributed by atoms with Crippen molar-refractivity contribution < 1.29 is 22.7 Å². The van der Waals surface area contributed by atoms with E-state index in [1.807, 2.05) is 0 Å². The maximum Gasteiger partial charge on any atom is 0.399 e. The van der Waals surface area contributed by atoms with E-state index in [4.69, 9.17) is 27.8 Å². The van der Waals surface area contributed by atoms with Crippen molar-refractivity contribution in [1.82, 2.24) is 19.1 Å². The predicted molar refractivity (Wildman–Crippen MR) is 155 cm³/mol. The fraction of sp³-hybridized carbons (Fsp3) is 0.148. The summed E-state index contributed by atoms with van der Waals surface area (Å²) >= 11 is 9.74. The van der Waals surface area contributed by atoms with Crippen LogP contribution in [0.15, 0.2) is 75.0 Å². The number of allylic oxidation sites excluding steroid dienone is 1. The van der Waals surface area contributed by atoms with Crippen LogP contribution in [0, 0.1) is 0 Å². The van der Waals surface area contributed by atoms with Crippen molar-refractivity contribution in [3.8, 4) is 11.4 Å². The van der Waals surface area contributed by atoms with Crippen molar-refractivity contribution in [1.29, 1.82) is 0 Å². The van der Waals surface area contributed by atoms with Crippen LogP contribution in [-0.4, -0.2) is 37.9 Å². The average molecular weight is 666 g/mol. The first-order valence-corrected chi connectivity index (χ1v) is 13.2. The second kappa shape index (κ2) is 12.2. The molecule has 4 N–H and O–H groups in total. The average Bonchev–Trinajstić information content (AvgIpc) is 2.88. The molecule has 0 aliphatic rings. The van der Waals surface area contributed by atoms with Gasteiger partial charge in [0.25, 0.3) is 0 Å². The maximum absolute atomic E-state index is 14.4. The van der Waals surface area contributed by atoms with E-state index >= 15 is 0 Å². The van der Waals surface area contributed by atoms with Crippen molar-refractivity contribution in [3.05, 3.63) is 108 Å². The second-order valence-corrected chi connectivity index (χ2v) is 9.98. The molecule has 0 saturated heterocycles. The van der Waals surface area contributed by atoms with E-state index in [1.54, 1.807) is 6.92 Å². The van der Waals surface area contributed by atoms with Crippen LogP contribution < -0.4 is 22.8 Å². The molecule has 10 nitrogen and oxygen atoms in total. The van der Waals surface area contributed by atoms with Crippen molar-refractivity contribution in [2.24, 2.45) is 0 Å². The van der Waals surface area contributed by atoms with E-state index in [0.29, 0.717) is 10.0 Å². The van der Waals surface area contributed by atoms with Gasteiger partial charge in [0.15, 0.2) is 0 Å². The quantitative estimate of drug-likeness (QED) is 0.265. The Morgan fingerprint density at radius 2 is 1.67 bits per heavy atom. The fourth-order valence-electron chi connectivity index (χ4n) is 4.02. The maximum atomic E-state index is 14.4. The number of hydrogen-bond donors (Lipinski definition) is 2. The molecule has 2 aromatic heterocycles. The number of halogens is 5. The molecule has 0 saturated carbocycles. The van der Waals surface area contributed by atoms with Crippen molar-refractivity contribution in [3.63, 3.8) is 0 Å². The molecule has 42 heavy (non-hydrogen) atoms. The Morgan fingerprint density at radius 3 is 2.21 bits per heavy atom. The number of benzene rings is 2. The van der Waals surface area contributed by atoms with Crippen LogP contribution in [0.25, 0.3) is 17.5 Å². The molecule has 15 heteroatoms. The van der Waals surface area contributed by atoms with E-state index in [1.165, 1.54) is 48.8 Å². The SMILES string of the molecule is CCOC(=O)c1ccc(/C=C/C(c2cc(Cl)c(-n3ccc(N)nc3=O)c(-n3ccc(N)nc3=O)c2)C(F)(F)F)cc1Br. The molecule has 0 fully saturated rings. The normalized spacial score (nSPS) is 12.4. The minimum Gasteiger partial charge on any atom is -0.462 e. The van der Waals surface area contributed by atoms with E-state index in [9.17, 15) is 27.6 Å². The lowest BCUT2D eigenvalue weighted by Crippen LogP contribution is -2.27. The molecular weight excluding hydrogens is 645 g/mol. The zero-order chi connectivity index (χ0) is 30.8. The summed E-state index contributed by atoms with van der Waals surface area (Å²) in [6.45, 7) is 1.81. The van der Waals surface area contributed by atoms with Gasteiger partial charge >= 0.3 is 23.5 Å². The highest BCUT2D eigenvalue weighted by atomic mass is 79.9. The molecular formula is C27H21BrClF3N6O4. The number of anilines is 2. The van der Waals surface area contributed by atoms with Gasteiger partial charge in [0, 0.05) is 16.9 Å². The summed E-state index contributed by atoms with van der Waals surface area (Å²) in [4.78, 5) is 44.7. The number of rotatable bonds is 7. The number of carbonyl (C=O) groups excluding carboxylic acids is 1. The molecule has 1 unspecified atom stereocenters. The molecule has 0 radical (unpaired) electrons. The first-order chi connectivity index (χ1) is 19.8. The molecule has 0 aliphatic carbocycles. The number of ether oxygens (including phenoxy) is 1. The lowest BCUT2D eigenvalue weighted by atomic mass is 9.95. The zero-order valence-corrected chi connectivity index (χ0v) is 23.9. The van der Waals surface area contributed by atoms with Crippen molar-refractivity contribution in [2.45, 2.75) is 19.0 Å². The number of hydrogen-bond acceptors (Lipinski definition) is 8. The summed E-state index contributed by atoms with van der Waals surface area (Å²) in [6.07, 6.45) is -0.249. The van der Waals surface area contributed by atoms with Crippen LogP contribution in [0.3, 0.4) is 0 Å². The van der Waals surface area contributed by atoms with Gasteiger partial charge in [-0.3, -0.25) is 9.13 Å². The Kier molecular flexibility index (Phi) is 8.87. The predicted octanol–water partition coefficient (Wildman–Crippen LogP) is 4.89.